The molecule has 0 aliphatic carbocycles. The lowest BCUT2D eigenvalue weighted by Gasteiger charge is -2.24. The van der Waals surface area contributed by atoms with E-state index in [9.17, 15) is 4.39 Å². The summed E-state index contributed by atoms with van der Waals surface area (Å²) in [6.45, 7) is 4.29. The summed E-state index contributed by atoms with van der Waals surface area (Å²) in [6.07, 6.45) is 0. The lowest BCUT2D eigenvalue weighted by Crippen LogP contribution is -2.26. The van der Waals surface area contributed by atoms with Crippen molar-refractivity contribution in [3.8, 4) is 5.75 Å². The molecule has 84 valence electrons. The first kappa shape index (κ1) is 11.9. The first-order valence-corrected chi connectivity index (χ1v) is 4.67. The van der Waals surface area contributed by atoms with Crippen LogP contribution in [0, 0.1) is 5.82 Å². The standard InChI is InChI=1S/C11H16FNO2/c1-11(2,7-15-13)8-4-5-9(12)10(6-8)14-3/h4-6H,7,13H2,1-3H3. The van der Waals surface area contributed by atoms with E-state index in [0.717, 1.165) is 5.56 Å². The van der Waals surface area contributed by atoms with E-state index in [4.69, 9.17) is 10.6 Å². The van der Waals surface area contributed by atoms with Crippen LogP contribution in [0.3, 0.4) is 0 Å². The number of nitrogens with two attached hydrogens (primary N) is 1. The first-order valence-electron chi connectivity index (χ1n) is 4.67. The van der Waals surface area contributed by atoms with Crippen molar-refractivity contribution in [1.82, 2.24) is 0 Å². The normalized spacial score (nSPS) is 11.5. The Hall–Kier alpha value is -1.13. The highest BCUT2D eigenvalue weighted by Gasteiger charge is 2.22. The summed E-state index contributed by atoms with van der Waals surface area (Å²) in [6, 6.07) is 4.75. The lowest BCUT2D eigenvalue weighted by atomic mass is 9.85. The van der Waals surface area contributed by atoms with Gasteiger partial charge in [0.15, 0.2) is 11.6 Å². The third-order valence-electron chi connectivity index (χ3n) is 2.38. The Bertz CT molecular complexity index is 339. The molecule has 0 aliphatic rings. The van der Waals surface area contributed by atoms with E-state index < -0.39 is 0 Å². The quantitative estimate of drug-likeness (QED) is 0.778. The fourth-order valence-electron chi connectivity index (χ4n) is 1.37. The van der Waals surface area contributed by atoms with Crippen molar-refractivity contribution < 1.29 is 14.0 Å². The summed E-state index contributed by atoms with van der Waals surface area (Å²) in [5.41, 5.74) is 0.654. The summed E-state index contributed by atoms with van der Waals surface area (Å²) >= 11 is 0. The fourth-order valence-corrected chi connectivity index (χ4v) is 1.37. The summed E-state index contributed by atoms with van der Waals surface area (Å²) in [4.78, 5) is 4.63. The Kier molecular flexibility index (Phi) is 3.66. The van der Waals surface area contributed by atoms with Crippen molar-refractivity contribution in [2.45, 2.75) is 19.3 Å². The van der Waals surface area contributed by atoms with Crippen LogP contribution in [0.2, 0.25) is 0 Å². The molecule has 1 aromatic rings. The predicted molar refractivity (Wildman–Crippen MR) is 56.1 cm³/mol. The topological polar surface area (TPSA) is 44.5 Å². The minimum absolute atomic E-state index is 0.234. The van der Waals surface area contributed by atoms with E-state index in [-0.39, 0.29) is 17.0 Å². The van der Waals surface area contributed by atoms with Crippen molar-refractivity contribution >= 4 is 0 Å². The number of hydrogen-bond acceptors (Lipinski definition) is 3. The molecule has 1 rings (SSSR count). The van der Waals surface area contributed by atoms with Gasteiger partial charge in [-0.15, -0.1) is 0 Å². The molecule has 15 heavy (non-hydrogen) atoms. The Morgan fingerprint density at radius 1 is 1.40 bits per heavy atom. The monoisotopic (exact) mass is 213 g/mol. The zero-order valence-electron chi connectivity index (χ0n) is 9.21. The third kappa shape index (κ3) is 2.67. The van der Waals surface area contributed by atoms with Crippen LogP contribution in [-0.2, 0) is 10.3 Å². The molecule has 0 aromatic heterocycles. The van der Waals surface area contributed by atoms with E-state index in [0.29, 0.717) is 6.61 Å². The fraction of sp³-hybridized carbons (Fsp3) is 0.455. The highest BCUT2D eigenvalue weighted by atomic mass is 19.1. The van der Waals surface area contributed by atoms with Gasteiger partial charge < -0.3 is 9.57 Å². The molecule has 3 nitrogen and oxygen atoms in total. The van der Waals surface area contributed by atoms with E-state index in [1.807, 2.05) is 13.8 Å². The minimum Gasteiger partial charge on any atom is -0.494 e. The van der Waals surface area contributed by atoms with Gasteiger partial charge in [-0.2, -0.15) is 0 Å². The number of hydrogen-bond donors (Lipinski definition) is 1. The van der Waals surface area contributed by atoms with Crippen molar-refractivity contribution in [2.75, 3.05) is 13.7 Å². The Morgan fingerprint density at radius 3 is 2.60 bits per heavy atom. The molecule has 0 saturated carbocycles. The average Bonchev–Trinajstić information content (AvgIpc) is 2.18. The number of ether oxygens (including phenoxy) is 1. The third-order valence-corrected chi connectivity index (χ3v) is 2.38. The highest BCUT2D eigenvalue weighted by Crippen LogP contribution is 2.28. The maximum atomic E-state index is 13.2. The van der Waals surface area contributed by atoms with Crippen LogP contribution in [0.15, 0.2) is 18.2 Å². The predicted octanol–water partition coefficient (Wildman–Crippen LogP) is 2.00. The lowest BCUT2D eigenvalue weighted by molar-refractivity contribution is 0.0963. The molecule has 0 saturated heterocycles. The molecular weight excluding hydrogens is 197 g/mol. The van der Waals surface area contributed by atoms with E-state index in [1.165, 1.54) is 13.2 Å². The molecule has 0 spiro atoms. The van der Waals surface area contributed by atoms with Gasteiger partial charge in [0, 0.05) is 5.41 Å². The molecule has 0 atom stereocenters. The number of rotatable bonds is 4. The van der Waals surface area contributed by atoms with Gasteiger partial charge in [-0.05, 0) is 17.7 Å². The van der Waals surface area contributed by atoms with Crippen LogP contribution in [0.5, 0.6) is 5.75 Å². The van der Waals surface area contributed by atoms with Gasteiger partial charge in [-0.3, -0.25) is 0 Å². The van der Waals surface area contributed by atoms with Crippen molar-refractivity contribution in [3.05, 3.63) is 29.6 Å². The molecule has 0 radical (unpaired) electrons. The molecule has 1 aromatic carbocycles. The summed E-state index contributed by atoms with van der Waals surface area (Å²) in [5.74, 6) is 4.91. The van der Waals surface area contributed by atoms with Crippen molar-refractivity contribution in [1.29, 1.82) is 0 Å². The Morgan fingerprint density at radius 2 is 2.07 bits per heavy atom. The highest BCUT2D eigenvalue weighted by molar-refractivity contribution is 5.34. The molecular formula is C11H16FNO2. The molecule has 0 amide bonds. The van der Waals surface area contributed by atoms with Crippen LogP contribution in [0.25, 0.3) is 0 Å². The maximum Gasteiger partial charge on any atom is 0.165 e. The van der Waals surface area contributed by atoms with E-state index in [1.54, 1.807) is 12.1 Å². The molecule has 2 N–H and O–H groups in total. The van der Waals surface area contributed by atoms with Crippen LogP contribution in [0.1, 0.15) is 19.4 Å². The number of benzene rings is 1. The molecule has 0 fully saturated rings. The Balaban J connectivity index is 3.04. The number of halogens is 1. The second-order valence-corrected chi connectivity index (χ2v) is 4.04. The summed E-state index contributed by atoms with van der Waals surface area (Å²) in [5, 5.41) is 0. The largest absolute Gasteiger partial charge is 0.494 e. The van der Waals surface area contributed by atoms with Crippen LogP contribution in [-0.4, -0.2) is 13.7 Å². The minimum atomic E-state index is -0.370. The zero-order chi connectivity index (χ0) is 11.5. The second-order valence-electron chi connectivity index (χ2n) is 4.04. The zero-order valence-corrected chi connectivity index (χ0v) is 9.21. The van der Waals surface area contributed by atoms with Gasteiger partial charge in [0.25, 0.3) is 0 Å². The number of methoxy groups -OCH3 is 1. The SMILES string of the molecule is COc1cc(C(C)(C)CON)ccc1F. The van der Waals surface area contributed by atoms with Gasteiger partial charge >= 0.3 is 0 Å². The second kappa shape index (κ2) is 4.59. The van der Waals surface area contributed by atoms with Gasteiger partial charge in [-0.1, -0.05) is 19.9 Å². The summed E-state index contributed by atoms with van der Waals surface area (Å²) in [7, 11) is 1.44. The van der Waals surface area contributed by atoms with Gasteiger partial charge in [0.2, 0.25) is 0 Å². The van der Waals surface area contributed by atoms with Crippen molar-refractivity contribution in [2.24, 2.45) is 5.90 Å². The van der Waals surface area contributed by atoms with E-state index in [2.05, 4.69) is 4.84 Å². The van der Waals surface area contributed by atoms with Gasteiger partial charge in [0.1, 0.15) is 0 Å². The maximum absolute atomic E-state index is 13.2. The molecule has 0 bridgehead atoms. The van der Waals surface area contributed by atoms with E-state index >= 15 is 0 Å². The Labute approximate surface area is 88.9 Å². The van der Waals surface area contributed by atoms with Crippen LogP contribution >= 0.6 is 0 Å². The molecule has 0 aliphatic heterocycles. The summed E-state index contributed by atoms with van der Waals surface area (Å²) < 4.78 is 18.1. The van der Waals surface area contributed by atoms with Crippen LogP contribution < -0.4 is 10.6 Å². The van der Waals surface area contributed by atoms with Crippen LogP contribution in [0.4, 0.5) is 4.39 Å². The van der Waals surface area contributed by atoms with Crippen molar-refractivity contribution in [3.63, 3.8) is 0 Å². The molecule has 0 heterocycles. The van der Waals surface area contributed by atoms with Gasteiger partial charge in [0.05, 0.1) is 13.7 Å². The first-order chi connectivity index (χ1) is 7.01. The molecule has 4 heteroatoms. The molecule has 0 unspecified atom stereocenters. The van der Waals surface area contributed by atoms with Gasteiger partial charge in [-0.25, -0.2) is 10.3 Å². The smallest absolute Gasteiger partial charge is 0.165 e. The average molecular weight is 213 g/mol.